The van der Waals surface area contributed by atoms with Crippen LogP contribution in [0.2, 0.25) is 0 Å². The molecule has 0 saturated heterocycles. The second kappa shape index (κ2) is 12.0. The number of amides is 1. The number of hydrogen-bond donors (Lipinski definition) is 3. The summed E-state index contributed by atoms with van der Waals surface area (Å²) in [4.78, 5) is 12.1. The van der Waals surface area contributed by atoms with Gasteiger partial charge in [-0.15, -0.1) is 0 Å². The minimum Gasteiger partial charge on any atom is -0.449 e. The number of nitrogens with one attached hydrogen (secondary N) is 2. The van der Waals surface area contributed by atoms with Crippen molar-refractivity contribution in [2.45, 2.75) is 11.3 Å². The highest BCUT2D eigenvalue weighted by Crippen LogP contribution is 2.23. The quantitative estimate of drug-likeness (QED) is 0.391. The number of anilines is 1. The van der Waals surface area contributed by atoms with Crippen molar-refractivity contribution in [2.24, 2.45) is 0 Å². The maximum Gasteiger partial charge on any atom is 0.411 e. The van der Waals surface area contributed by atoms with E-state index in [4.69, 9.17) is 9.84 Å². The Balaban J connectivity index is 1.56. The third-order valence-corrected chi connectivity index (χ3v) is 6.16. The molecule has 3 N–H and O–H groups in total. The van der Waals surface area contributed by atoms with Crippen LogP contribution in [0.25, 0.3) is 5.57 Å². The monoisotopic (exact) mass is 466 g/mol. The average molecular weight is 467 g/mol. The second-order valence-corrected chi connectivity index (χ2v) is 8.81. The van der Waals surface area contributed by atoms with Gasteiger partial charge < -0.3 is 9.84 Å². The zero-order valence-corrected chi connectivity index (χ0v) is 18.8. The topological polar surface area (TPSA) is 105 Å². The molecule has 172 valence electrons. The van der Waals surface area contributed by atoms with Gasteiger partial charge in [0.2, 0.25) is 10.0 Å². The van der Waals surface area contributed by atoms with Crippen LogP contribution in [0.1, 0.15) is 17.5 Å². The van der Waals surface area contributed by atoms with Crippen LogP contribution in [0.5, 0.6) is 0 Å². The molecule has 1 amide bonds. The number of ether oxygens (including phenoxy) is 1. The summed E-state index contributed by atoms with van der Waals surface area (Å²) in [6.07, 6.45) is 1.94. The van der Waals surface area contributed by atoms with Crippen LogP contribution in [0.15, 0.2) is 95.9 Å². The number of carbonyl (C=O) groups excluding carboxylic acids is 1. The molecule has 0 saturated carbocycles. The fraction of sp³-hybridized carbons (Fsp3) is 0.160. The highest BCUT2D eigenvalue weighted by molar-refractivity contribution is 7.89. The predicted molar refractivity (Wildman–Crippen MR) is 128 cm³/mol. The van der Waals surface area contributed by atoms with E-state index in [0.29, 0.717) is 12.1 Å². The van der Waals surface area contributed by atoms with E-state index in [-0.39, 0.29) is 24.7 Å². The highest BCUT2D eigenvalue weighted by atomic mass is 32.2. The minimum absolute atomic E-state index is 0.0364. The molecule has 0 spiro atoms. The van der Waals surface area contributed by atoms with Crippen LogP contribution >= 0.6 is 0 Å². The highest BCUT2D eigenvalue weighted by Gasteiger charge is 2.13. The summed E-state index contributed by atoms with van der Waals surface area (Å²) in [6.45, 7) is -0.177. The predicted octanol–water partition coefficient (Wildman–Crippen LogP) is 4.03. The zero-order valence-electron chi connectivity index (χ0n) is 18.0. The zero-order chi connectivity index (χ0) is 23.5. The van der Waals surface area contributed by atoms with Crippen molar-refractivity contribution in [3.8, 4) is 0 Å². The van der Waals surface area contributed by atoms with Gasteiger partial charge in [0.25, 0.3) is 0 Å². The Kier molecular flexibility index (Phi) is 8.77. The van der Waals surface area contributed by atoms with E-state index < -0.39 is 16.1 Å². The smallest absolute Gasteiger partial charge is 0.411 e. The first-order valence-corrected chi connectivity index (χ1v) is 11.9. The van der Waals surface area contributed by atoms with E-state index in [9.17, 15) is 13.2 Å². The van der Waals surface area contributed by atoms with E-state index in [1.165, 1.54) is 24.3 Å². The van der Waals surface area contributed by atoms with Crippen molar-refractivity contribution in [3.63, 3.8) is 0 Å². The Morgan fingerprint density at radius 1 is 0.879 bits per heavy atom. The van der Waals surface area contributed by atoms with Crippen LogP contribution in [0, 0.1) is 0 Å². The van der Waals surface area contributed by atoms with Crippen LogP contribution < -0.4 is 10.0 Å². The van der Waals surface area contributed by atoms with Gasteiger partial charge in [-0.25, -0.2) is 17.9 Å². The lowest BCUT2D eigenvalue weighted by Crippen LogP contribution is -2.26. The summed E-state index contributed by atoms with van der Waals surface area (Å²) in [7, 11) is -3.70. The Morgan fingerprint density at radius 2 is 1.45 bits per heavy atom. The van der Waals surface area contributed by atoms with Gasteiger partial charge in [-0.2, -0.15) is 0 Å². The van der Waals surface area contributed by atoms with Crippen LogP contribution in [0.3, 0.4) is 0 Å². The number of carbonyl (C=O) groups is 1. The molecular weight excluding hydrogens is 440 g/mol. The number of rotatable bonds is 10. The standard InChI is InChI=1S/C25H26N2O5S/c28-18-17-26-33(30,31)23-15-13-22(14-16-23)27-25(29)32-19-7-12-24(20-8-3-1-4-9-20)21-10-5-2-6-11-21/h1-6,8-16,26,28H,7,17-19H2,(H,27,29). The Labute approximate surface area is 193 Å². The SMILES string of the molecule is O=C(Nc1ccc(S(=O)(=O)NCCO)cc1)OCCC=C(c1ccccc1)c1ccccc1. The minimum atomic E-state index is -3.70. The molecule has 0 aliphatic rings. The number of aliphatic hydroxyl groups excluding tert-OH is 1. The molecule has 7 nitrogen and oxygen atoms in total. The number of aliphatic hydroxyl groups is 1. The Morgan fingerprint density at radius 3 is 2.00 bits per heavy atom. The van der Waals surface area contributed by atoms with Crippen molar-refractivity contribution < 1.29 is 23.1 Å². The first-order chi connectivity index (χ1) is 16.0. The summed E-state index contributed by atoms with van der Waals surface area (Å²) in [5.74, 6) is 0. The van der Waals surface area contributed by atoms with E-state index >= 15 is 0 Å². The summed E-state index contributed by atoms with van der Waals surface area (Å²) in [6, 6.07) is 25.7. The van der Waals surface area contributed by atoms with Crippen LogP contribution in [-0.4, -0.2) is 39.4 Å². The Bertz CT molecular complexity index is 1120. The molecule has 0 heterocycles. The van der Waals surface area contributed by atoms with Crippen molar-refractivity contribution in [2.75, 3.05) is 25.1 Å². The van der Waals surface area contributed by atoms with Gasteiger partial charge in [0.15, 0.2) is 0 Å². The second-order valence-electron chi connectivity index (χ2n) is 7.05. The summed E-state index contributed by atoms with van der Waals surface area (Å²) in [5.41, 5.74) is 3.63. The maximum atomic E-state index is 12.1. The number of sulfonamides is 1. The van der Waals surface area contributed by atoms with Gasteiger partial charge in [0.05, 0.1) is 18.1 Å². The van der Waals surface area contributed by atoms with Gasteiger partial charge in [0.1, 0.15) is 0 Å². The fourth-order valence-corrected chi connectivity index (χ4v) is 4.15. The van der Waals surface area contributed by atoms with Gasteiger partial charge >= 0.3 is 6.09 Å². The average Bonchev–Trinajstić information content (AvgIpc) is 2.84. The molecule has 0 aromatic heterocycles. The largest absolute Gasteiger partial charge is 0.449 e. The first kappa shape index (κ1) is 24.2. The van der Waals surface area contributed by atoms with Crippen molar-refractivity contribution in [3.05, 3.63) is 102 Å². The lowest BCUT2D eigenvalue weighted by Gasteiger charge is -2.10. The molecule has 0 radical (unpaired) electrons. The van der Waals surface area contributed by atoms with Gasteiger partial charge in [0, 0.05) is 18.7 Å². The molecule has 33 heavy (non-hydrogen) atoms. The summed E-state index contributed by atoms with van der Waals surface area (Å²) in [5, 5.41) is 11.3. The molecule has 0 aliphatic heterocycles. The van der Waals surface area contributed by atoms with Gasteiger partial charge in [-0.3, -0.25) is 5.32 Å². The molecule has 8 heteroatoms. The Hall–Kier alpha value is -3.46. The molecule has 3 rings (SSSR count). The third-order valence-electron chi connectivity index (χ3n) is 4.68. The summed E-state index contributed by atoms with van der Waals surface area (Å²) < 4.78 is 31.6. The van der Waals surface area contributed by atoms with Crippen LogP contribution in [0.4, 0.5) is 10.5 Å². The molecule has 3 aromatic rings. The maximum absolute atomic E-state index is 12.1. The van der Waals surface area contributed by atoms with Crippen molar-refractivity contribution in [1.82, 2.24) is 4.72 Å². The first-order valence-electron chi connectivity index (χ1n) is 10.4. The summed E-state index contributed by atoms with van der Waals surface area (Å²) >= 11 is 0. The molecule has 0 bridgehead atoms. The molecular formula is C25H26N2O5S. The number of hydrogen-bond acceptors (Lipinski definition) is 5. The number of benzene rings is 3. The van der Waals surface area contributed by atoms with Crippen molar-refractivity contribution >= 4 is 27.4 Å². The molecule has 0 fully saturated rings. The molecule has 0 unspecified atom stereocenters. The van der Waals surface area contributed by atoms with E-state index in [2.05, 4.69) is 10.0 Å². The van der Waals surface area contributed by atoms with Crippen LogP contribution in [-0.2, 0) is 14.8 Å². The molecule has 0 aliphatic carbocycles. The van der Waals surface area contributed by atoms with E-state index in [1.54, 1.807) is 0 Å². The fourth-order valence-electron chi connectivity index (χ4n) is 3.13. The van der Waals surface area contributed by atoms with Gasteiger partial charge in [-0.05, 0) is 41.0 Å². The normalized spacial score (nSPS) is 10.9. The lowest BCUT2D eigenvalue weighted by molar-refractivity contribution is 0.163. The van der Waals surface area contributed by atoms with Crippen molar-refractivity contribution in [1.29, 1.82) is 0 Å². The van der Waals surface area contributed by atoms with E-state index in [0.717, 1.165) is 16.7 Å². The molecule has 0 atom stereocenters. The molecule has 3 aromatic carbocycles. The van der Waals surface area contributed by atoms with E-state index in [1.807, 2.05) is 66.7 Å². The lowest BCUT2D eigenvalue weighted by atomic mass is 9.97. The van der Waals surface area contributed by atoms with Gasteiger partial charge in [-0.1, -0.05) is 66.7 Å². The third kappa shape index (κ3) is 7.28.